The number of fused-ring (bicyclic) bond motifs is 1. The monoisotopic (exact) mass is 700 g/mol. The van der Waals surface area contributed by atoms with Gasteiger partial charge in [-0.25, -0.2) is 9.79 Å². The van der Waals surface area contributed by atoms with Crippen LogP contribution in [0.1, 0.15) is 43.5 Å². The van der Waals surface area contributed by atoms with Gasteiger partial charge in [0.05, 0.1) is 39.1 Å². The van der Waals surface area contributed by atoms with E-state index in [9.17, 15) is 9.59 Å². The summed E-state index contributed by atoms with van der Waals surface area (Å²) in [6, 6.07) is 17.4. The molecule has 222 valence electrons. The predicted octanol–water partition coefficient (Wildman–Crippen LogP) is 6.84. The standard InChI is InChI=1S/C32H27BrCl2N2O5S/c1-17(2)42-31(39)28-18(3)36-32-37(29(28)22-15-21(33)10-12-26(22)40-4)30(38)27(43-32)14-20-7-5-6-8-25(20)41-16-19-9-11-23(34)24(35)13-19/h5-15,17,29H,16H2,1-4H3/b27-14-/t29-/m0/s1. The second-order valence-electron chi connectivity index (χ2n) is 10.00. The number of methoxy groups -OCH3 is 1. The number of thiazole rings is 1. The highest BCUT2D eigenvalue weighted by Crippen LogP contribution is 2.37. The summed E-state index contributed by atoms with van der Waals surface area (Å²) in [6.07, 6.45) is 1.41. The van der Waals surface area contributed by atoms with Crippen LogP contribution in [0.25, 0.3) is 6.08 Å². The van der Waals surface area contributed by atoms with Gasteiger partial charge in [0.25, 0.3) is 5.56 Å². The summed E-state index contributed by atoms with van der Waals surface area (Å²) in [5.74, 6) is 0.564. The van der Waals surface area contributed by atoms with E-state index in [-0.39, 0.29) is 23.8 Å². The fourth-order valence-corrected chi connectivity index (χ4v) is 6.47. The number of halogens is 3. The number of para-hydroxylation sites is 1. The van der Waals surface area contributed by atoms with Gasteiger partial charge in [0.15, 0.2) is 4.80 Å². The summed E-state index contributed by atoms with van der Waals surface area (Å²) < 4.78 is 20.1. The smallest absolute Gasteiger partial charge is 0.338 e. The Hall–Kier alpha value is -3.37. The first kappa shape index (κ1) is 31.1. The van der Waals surface area contributed by atoms with Crippen molar-refractivity contribution in [2.45, 2.75) is 39.5 Å². The third-order valence-corrected chi connectivity index (χ3v) is 8.87. The molecule has 1 aromatic heterocycles. The number of hydrogen-bond donors (Lipinski definition) is 0. The lowest BCUT2D eigenvalue weighted by atomic mass is 9.95. The Morgan fingerprint density at radius 2 is 1.86 bits per heavy atom. The molecule has 0 fully saturated rings. The van der Waals surface area contributed by atoms with Gasteiger partial charge in [-0.3, -0.25) is 9.36 Å². The van der Waals surface area contributed by atoms with E-state index >= 15 is 0 Å². The highest BCUT2D eigenvalue weighted by Gasteiger charge is 2.35. The highest BCUT2D eigenvalue weighted by molar-refractivity contribution is 9.10. The van der Waals surface area contributed by atoms with Crippen LogP contribution in [0.2, 0.25) is 10.0 Å². The number of esters is 1. The van der Waals surface area contributed by atoms with Crippen molar-refractivity contribution < 1.29 is 19.0 Å². The number of carbonyl (C=O) groups is 1. The molecule has 43 heavy (non-hydrogen) atoms. The Labute approximate surface area is 270 Å². The zero-order valence-corrected chi connectivity index (χ0v) is 27.6. The molecule has 0 unspecified atom stereocenters. The summed E-state index contributed by atoms with van der Waals surface area (Å²) in [7, 11) is 1.55. The summed E-state index contributed by atoms with van der Waals surface area (Å²) in [5.41, 5.74) is 2.62. The molecule has 0 radical (unpaired) electrons. The summed E-state index contributed by atoms with van der Waals surface area (Å²) in [6.45, 7) is 5.56. The number of rotatable bonds is 8. The second kappa shape index (κ2) is 13.1. The summed E-state index contributed by atoms with van der Waals surface area (Å²) in [4.78, 5) is 32.7. The van der Waals surface area contributed by atoms with Gasteiger partial charge in [0.1, 0.15) is 24.1 Å². The fraction of sp³-hybridized carbons (Fsp3) is 0.219. The van der Waals surface area contributed by atoms with Crippen LogP contribution in [-0.2, 0) is 16.1 Å². The van der Waals surface area contributed by atoms with Crippen molar-refractivity contribution in [3.05, 3.63) is 123 Å². The van der Waals surface area contributed by atoms with Gasteiger partial charge >= 0.3 is 5.97 Å². The molecule has 0 amide bonds. The van der Waals surface area contributed by atoms with Crippen LogP contribution in [0, 0.1) is 0 Å². The van der Waals surface area contributed by atoms with E-state index in [2.05, 4.69) is 20.9 Å². The topological polar surface area (TPSA) is 79.1 Å². The minimum atomic E-state index is -0.821. The van der Waals surface area contributed by atoms with Crippen LogP contribution >= 0.6 is 50.5 Å². The van der Waals surface area contributed by atoms with E-state index in [1.54, 1.807) is 52.2 Å². The number of aromatic nitrogens is 1. The van der Waals surface area contributed by atoms with E-state index in [0.717, 1.165) is 10.0 Å². The zero-order valence-electron chi connectivity index (χ0n) is 23.7. The van der Waals surface area contributed by atoms with E-state index in [1.807, 2.05) is 42.5 Å². The van der Waals surface area contributed by atoms with Gasteiger partial charge in [0, 0.05) is 15.6 Å². The molecule has 1 aliphatic heterocycles. The molecule has 4 aromatic rings. The average molecular weight is 702 g/mol. The maximum Gasteiger partial charge on any atom is 0.338 e. The molecule has 0 N–H and O–H groups in total. The quantitative estimate of drug-likeness (QED) is 0.188. The van der Waals surface area contributed by atoms with Crippen molar-refractivity contribution in [1.29, 1.82) is 0 Å². The van der Waals surface area contributed by atoms with Crippen molar-refractivity contribution in [3.63, 3.8) is 0 Å². The number of ether oxygens (including phenoxy) is 3. The van der Waals surface area contributed by atoms with Crippen molar-refractivity contribution >= 4 is 62.5 Å². The fourth-order valence-electron chi connectivity index (χ4n) is 4.74. The lowest BCUT2D eigenvalue weighted by Gasteiger charge is -2.26. The maximum atomic E-state index is 14.1. The lowest BCUT2D eigenvalue weighted by Crippen LogP contribution is -2.40. The highest BCUT2D eigenvalue weighted by atomic mass is 79.9. The molecule has 11 heteroatoms. The molecule has 0 bridgehead atoms. The van der Waals surface area contributed by atoms with Gasteiger partial charge < -0.3 is 14.2 Å². The van der Waals surface area contributed by atoms with Crippen molar-refractivity contribution in [2.75, 3.05) is 7.11 Å². The molecule has 5 rings (SSSR count). The molecule has 3 aromatic carbocycles. The Balaban J connectivity index is 1.63. The Morgan fingerprint density at radius 3 is 2.58 bits per heavy atom. The minimum absolute atomic E-state index is 0.256. The number of carbonyl (C=O) groups excluding carboxylic acids is 1. The zero-order chi connectivity index (χ0) is 30.8. The molecule has 2 heterocycles. The van der Waals surface area contributed by atoms with E-state index < -0.39 is 12.0 Å². The van der Waals surface area contributed by atoms with Crippen molar-refractivity contribution in [1.82, 2.24) is 4.57 Å². The normalized spacial score (nSPS) is 14.9. The van der Waals surface area contributed by atoms with Crippen LogP contribution in [0.3, 0.4) is 0 Å². The minimum Gasteiger partial charge on any atom is -0.496 e. The van der Waals surface area contributed by atoms with E-state index in [0.29, 0.717) is 47.7 Å². The molecule has 0 saturated carbocycles. The number of allylic oxidation sites excluding steroid dienone is 1. The lowest BCUT2D eigenvalue weighted by molar-refractivity contribution is -0.143. The Kier molecular flexibility index (Phi) is 9.46. The predicted molar refractivity (Wildman–Crippen MR) is 173 cm³/mol. The van der Waals surface area contributed by atoms with Crippen LogP contribution in [0.15, 0.2) is 86.2 Å². The molecule has 1 atom stereocenters. The van der Waals surface area contributed by atoms with Crippen LogP contribution in [0.4, 0.5) is 0 Å². The van der Waals surface area contributed by atoms with E-state index in [1.165, 1.54) is 15.9 Å². The summed E-state index contributed by atoms with van der Waals surface area (Å²) >= 11 is 17.0. The second-order valence-corrected chi connectivity index (χ2v) is 12.7. The van der Waals surface area contributed by atoms with Crippen molar-refractivity contribution in [2.24, 2.45) is 4.99 Å². The molecule has 0 saturated heterocycles. The van der Waals surface area contributed by atoms with Crippen LogP contribution in [-0.4, -0.2) is 23.8 Å². The molecular weight excluding hydrogens is 675 g/mol. The van der Waals surface area contributed by atoms with Crippen LogP contribution < -0.4 is 24.4 Å². The Morgan fingerprint density at radius 1 is 1.09 bits per heavy atom. The first-order chi connectivity index (χ1) is 20.6. The van der Waals surface area contributed by atoms with Gasteiger partial charge in [-0.05, 0) is 68.8 Å². The van der Waals surface area contributed by atoms with Crippen molar-refractivity contribution in [3.8, 4) is 11.5 Å². The van der Waals surface area contributed by atoms with Gasteiger partial charge in [0.2, 0.25) is 0 Å². The molecule has 1 aliphatic rings. The van der Waals surface area contributed by atoms with Crippen LogP contribution in [0.5, 0.6) is 11.5 Å². The third-order valence-electron chi connectivity index (χ3n) is 6.65. The summed E-state index contributed by atoms with van der Waals surface area (Å²) in [5, 5.41) is 0.913. The van der Waals surface area contributed by atoms with Gasteiger partial charge in [-0.15, -0.1) is 0 Å². The molecule has 0 aliphatic carbocycles. The molecule has 0 spiro atoms. The molecule has 7 nitrogen and oxygen atoms in total. The average Bonchev–Trinajstić information content (AvgIpc) is 3.27. The molecular formula is C32H27BrCl2N2O5S. The Bertz CT molecular complexity index is 1930. The number of hydrogen-bond acceptors (Lipinski definition) is 7. The van der Waals surface area contributed by atoms with Gasteiger partial charge in [-0.1, -0.05) is 74.7 Å². The first-order valence-electron chi connectivity index (χ1n) is 13.3. The SMILES string of the molecule is COc1ccc(Br)cc1[C@H]1C(C(=O)OC(C)C)=C(C)N=c2s/c(=C\c3ccccc3OCc3ccc(Cl)c(Cl)c3)c(=O)n21. The van der Waals surface area contributed by atoms with E-state index in [4.69, 9.17) is 37.4 Å². The third kappa shape index (κ3) is 6.60. The largest absolute Gasteiger partial charge is 0.496 e. The first-order valence-corrected chi connectivity index (χ1v) is 15.7. The van der Waals surface area contributed by atoms with Gasteiger partial charge in [-0.2, -0.15) is 0 Å². The maximum absolute atomic E-state index is 14.1. The number of nitrogens with zero attached hydrogens (tertiary/aromatic N) is 2. The number of benzene rings is 3.